The van der Waals surface area contributed by atoms with Crippen LogP contribution in [-0.2, 0) is 37.9 Å². The van der Waals surface area contributed by atoms with Gasteiger partial charge in [-0.3, -0.25) is 0 Å². The fourth-order valence-electron chi connectivity index (χ4n) is 17.1. The first-order valence-electron chi connectivity index (χ1n) is 41.8. The third kappa shape index (κ3) is 13.9. The lowest BCUT2D eigenvalue weighted by Crippen LogP contribution is -2.19. The van der Waals surface area contributed by atoms with E-state index in [1.54, 1.807) is 6.92 Å². The molecule has 0 aliphatic carbocycles. The van der Waals surface area contributed by atoms with Crippen molar-refractivity contribution in [3.63, 3.8) is 0 Å². The minimum Gasteiger partial charge on any atom is -0.309 e. The second-order valence-corrected chi connectivity index (χ2v) is 38.0. The van der Waals surface area contributed by atoms with E-state index in [9.17, 15) is 0 Å². The molecule has 0 fully saturated rings. The van der Waals surface area contributed by atoms with E-state index >= 15 is 0 Å². The van der Waals surface area contributed by atoms with Crippen LogP contribution in [0.3, 0.4) is 0 Å². The zero-order chi connectivity index (χ0) is 82.3. The van der Waals surface area contributed by atoms with Crippen LogP contribution in [0.2, 0.25) is 0 Å². The van der Waals surface area contributed by atoms with Gasteiger partial charge in [0.05, 0.1) is 72.4 Å². The number of hydrogen-bond donors (Lipinski definition) is 0. The minimum atomic E-state index is -0.312. The van der Waals surface area contributed by atoms with Gasteiger partial charge < -0.3 is 18.3 Å². The van der Waals surface area contributed by atoms with Crippen molar-refractivity contribution < 1.29 is 5.48 Å². The molecule has 0 bridgehead atoms. The van der Waals surface area contributed by atoms with Crippen molar-refractivity contribution in [3.05, 3.63) is 323 Å². The number of fused-ring (bicyclic) bond motifs is 12. The Hall–Kier alpha value is -10.9. The van der Waals surface area contributed by atoms with Gasteiger partial charge in [-0.15, -0.1) is 0 Å². The molecule has 17 aromatic rings. The molecule has 0 aliphatic rings. The van der Waals surface area contributed by atoms with E-state index in [1.807, 2.05) is 24.3 Å². The van der Waals surface area contributed by atoms with Crippen molar-refractivity contribution >= 4 is 87.2 Å². The van der Waals surface area contributed by atoms with Gasteiger partial charge >= 0.3 is 0 Å². The van der Waals surface area contributed by atoms with E-state index in [1.165, 1.54) is 138 Å². The van der Waals surface area contributed by atoms with Gasteiger partial charge in [0.1, 0.15) is 0 Å². The maximum Gasteiger partial charge on any atom is 0.0632 e. The summed E-state index contributed by atoms with van der Waals surface area (Å²) in [4.78, 5) is 0. The Morgan fingerprint density at radius 3 is 0.784 bits per heavy atom. The van der Waals surface area contributed by atoms with Crippen LogP contribution in [0.5, 0.6) is 0 Å². The second-order valence-electron chi connectivity index (χ2n) is 38.0. The Labute approximate surface area is 665 Å². The van der Waals surface area contributed by atoms with Gasteiger partial charge in [0.25, 0.3) is 0 Å². The molecule has 0 radical (unpaired) electrons. The summed E-state index contributed by atoms with van der Waals surface area (Å²) in [7, 11) is 0. The van der Waals surface area contributed by atoms with E-state index in [-0.39, 0.29) is 62.1 Å². The van der Waals surface area contributed by atoms with Crippen molar-refractivity contribution in [1.82, 2.24) is 18.3 Å². The Balaban J connectivity index is 0.000000143. The van der Waals surface area contributed by atoms with Crippen LogP contribution in [0, 0.1) is 6.92 Å². The summed E-state index contributed by atoms with van der Waals surface area (Å²) in [6.07, 6.45) is 0. The highest BCUT2D eigenvalue weighted by Gasteiger charge is 2.32. The molecule has 4 heterocycles. The topological polar surface area (TPSA) is 19.7 Å². The molecule has 0 aliphatic heterocycles. The Morgan fingerprint density at radius 2 is 0.486 bits per heavy atom. The highest BCUT2D eigenvalue weighted by Crippen LogP contribution is 2.48. The van der Waals surface area contributed by atoms with Crippen LogP contribution in [0.15, 0.2) is 279 Å². The fourth-order valence-corrected chi connectivity index (χ4v) is 17.1. The lowest BCUT2D eigenvalue weighted by molar-refractivity contribution is 0.584. The zero-order valence-electron chi connectivity index (χ0n) is 73.5. The van der Waals surface area contributed by atoms with Gasteiger partial charge in [0.15, 0.2) is 0 Å². The van der Waals surface area contributed by atoms with Crippen LogP contribution < -0.4 is 0 Å². The molecule has 4 heteroatoms. The molecule has 4 nitrogen and oxygen atoms in total. The number of aromatic nitrogens is 4. The molecule has 17 rings (SSSR count). The van der Waals surface area contributed by atoms with Crippen molar-refractivity contribution in [2.24, 2.45) is 0 Å². The van der Waals surface area contributed by atoms with Crippen molar-refractivity contribution in [2.75, 3.05) is 0 Å². The van der Waals surface area contributed by atoms with E-state index in [4.69, 9.17) is 5.48 Å². The van der Waals surface area contributed by atoms with Gasteiger partial charge in [-0.2, -0.15) is 0 Å². The number of rotatable bonds is 6. The molecule has 0 saturated heterocycles. The highest BCUT2D eigenvalue weighted by molar-refractivity contribution is 6.13. The zero-order valence-corrected chi connectivity index (χ0v) is 69.5. The first-order chi connectivity index (χ1) is 54.1. The molecular formula is C107H112N4. The first kappa shape index (κ1) is 70.4. The Bertz CT molecular complexity index is 6230. The lowest BCUT2D eigenvalue weighted by atomic mass is 9.80. The van der Waals surface area contributed by atoms with Crippen molar-refractivity contribution in [3.8, 4) is 45.0 Å². The third-order valence-corrected chi connectivity index (χ3v) is 22.6. The second kappa shape index (κ2) is 27.8. The van der Waals surface area contributed by atoms with Crippen molar-refractivity contribution in [2.45, 2.75) is 190 Å². The normalized spacial score (nSPS) is 13.3. The Morgan fingerprint density at radius 1 is 0.225 bits per heavy atom. The fraction of sp³-hybridized carbons (Fsp3) is 0.271. The van der Waals surface area contributed by atoms with Crippen LogP contribution >= 0.6 is 0 Å². The number of benzene rings is 13. The van der Waals surface area contributed by atoms with E-state index in [2.05, 4.69) is 394 Å². The molecule has 0 unspecified atom stereocenters. The molecule has 0 spiro atoms. The Kier molecular flexibility index (Phi) is 17.7. The number of hydrogen-bond acceptors (Lipinski definition) is 0. The van der Waals surface area contributed by atoms with Gasteiger partial charge in [-0.25, -0.2) is 0 Å². The summed E-state index contributed by atoms with van der Waals surface area (Å²) in [6, 6.07) is 93.2. The predicted octanol–water partition coefficient (Wildman–Crippen LogP) is 30.2. The molecule has 0 saturated carbocycles. The van der Waals surface area contributed by atoms with Crippen LogP contribution in [0.25, 0.3) is 132 Å². The summed E-state index contributed by atoms with van der Waals surface area (Å²) in [5.41, 5.74) is 27.6. The van der Waals surface area contributed by atoms with Gasteiger partial charge in [0.2, 0.25) is 0 Å². The lowest BCUT2D eigenvalue weighted by Gasteiger charge is -2.29. The van der Waals surface area contributed by atoms with Crippen LogP contribution in [0.4, 0.5) is 0 Å². The SMILES string of the molecule is CC(C)(C)c1c(-c2ccccc2)cccc1-n1c2ccccc2c2ccccc21.CC(C)(C)c1ccc2c(c1)c1cc(C(C)(C)C)ccc1n2-c1cccc(-n2c3ccc(C(C)(C)C)cc3c3cc(C(C)(C)C)ccc32)c1C(C)(C)C.[2H]c1c([2H])c(C)c([2H])c(-c2cccc(-n3c4ccccc4c4ccccc43)c2C(C)(C)C)c1[2H]. The molecule has 560 valence electrons. The van der Waals surface area contributed by atoms with E-state index in [0.717, 1.165) is 27.8 Å². The summed E-state index contributed by atoms with van der Waals surface area (Å²) < 4.78 is 43.8. The molecule has 111 heavy (non-hydrogen) atoms. The minimum absolute atomic E-state index is 0.00571. The predicted molar refractivity (Wildman–Crippen MR) is 483 cm³/mol. The monoisotopic (exact) mass is 1460 g/mol. The highest BCUT2D eigenvalue weighted by atomic mass is 15.0. The maximum absolute atomic E-state index is 8.79. The van der Waals surface area contributed by atoms with Crippen LogP contribution in [0.1, 0.15) is 195 Å². The van der Waals surface area contributed by atoms with Gasteiger partial charge in [-0.1, -0.05) is 333 Å². The smallest absolute Gasteiger partial charge is 0.0632 e. The molecule has 0 amide bonds. The first-order valence-corrected chi connectivity index (χ1v) is 39.8. The molecular weight excluding hydrogens is 1340 g/mol. The number of para-hydroxylation sites is 4. The summed E-state index contributed by atoms with van der Waals surface area (Å²) in [5.74, 6) is 0. The molecule has 0 N–H and O–H groups in total. The van der Waals surface area contributed by atoms with E-state index in [0.29, 0.717) is 11.1 Å². The van der Waals surface area contributed by atoms with Crippen LogP contribution in [-0.4, -0.2) is 18.3 Å². The summed E-state index contributed by atoms with van der Waals surface area (Å²) in [5, 5.41) is 10.2. The summed E-state index contributed by atoms with van der Waals surface area (Å²) in [6.45, 7) is 50.0. The quantitative estimate of drug-likeness (QED) is 0.158. The standard InChI is InChI=1S/C50H60N2.C29H27N.C28H25N/c1-46(2,3)31-19-23-39-35(27-31)36-28-32(47(4,5)6)20-24-40(36)51(39)43-17-16-18-44(45(43)50(13,14)15)52-41-25-21-33(48(7,8)9)29-37(41)38-30-34(49(10,11)12)22-26-42(38)52;1-20-11-9-12-21(19-20)22-15-10-18-27(28(22)29(2,3)4)30-25-16-7-5-13-23(25)24-14-6-8-17-26(24)30;1-28(2,3)27-21(20-12-5-4-6-13-20)16-11-19-26(27)29-24-17-9-7-14-22(24)23-15-8-10-18-25(23)29/h16-30H,1-15H3;5-19H,1-4H3;4-19H,1-3H3/i;9D,11D,12D,19D;. The molecule has 4 aromatic heterocycles. The van der Waals surface area contributed by atoms with Crippen molar-refractivity contribution in [1.29, 1.82) is 0 Å². The summed E-state index contributed by atoms with van der Waals surface area (Å²) >= 11 is 0. The average Bonchev–Trinajstić information content (AvgIpc) is 1.56. The molecule has 0 atom stereocenters. The van der Waals surface area contributed by atoms with Gasteiger partial charge in [-0.05, 0) is 198 Å². The average molecular weight is 1460 g/mol. The van der Waals surface area contributed by atoms with E-state index < -0.39 is 0 Å². The largest absolute Gasteiger partial charge is 0.309 e. The molecule has 13 aromatic carbocycles. The third-order valence-electron chi connectivity index (χ3n) is 22.6. The maximum atomic E-state index is 8.79. The number of nitrogens with zero attached hydrogens (tertiary/aromatic N) is 4. The van der Waals surface area contributed by atoms with Gasteiger partial charge in [0, 0.05) is 48.7 Å².